The fraction of sp³-hybridized carbons (Fsp3) is 0.438. The minimum atomic E-state index is 0.129. The van der Waals surface area contributed by atoms with Gasteiger partial charge in [0.25, 0.3) is 0 Å². The number of nitrogens with zero attached hydrogens (tertiary/aromatic N) is 1. The van der Waals surface area contributed by atoms with E-state index in [1.807, 2.05) is 18.2 Å². The third-order valence-electron chi connectivity index (χ3n) is 2.96. The van der Waals surface area contributed by atoms with E-state index in [2.05, 4.69) is 44.1 Å². The fourth-order valence-corrected chi connectivity index (χ4v) is 3.15. The minimum Gasteiger partial charge on any atom is -0.307 e. The first-order valence-electron chi connectivity index (χ1n) is 6.78. The van der Waals surface area contributed by atoms with Crippen molar-refractivity contribution in [2.75, 3.05) is 0 Å². The molecular weight excluding hydrogens is 288 g/mol. The predicted octanol–water partition coefficient (Wildman–Crippen LogP) is 4.58. The van der Waals surface area contributed by atoms with Gasteiger partial charge in [0.05, 0.1) is 10.7 Å². The van der Waals surface area contributed by atoms with Crippen molar-refractivity contribution in [1.82, 2.24) is 10.3 Å². The largest absolute Gasteiger partial charge is 0.307 e. The van der Waals surface area contributed by atoms with Crippen LogP contribution in [-0.2, 0) is 13.0 Å². The lowest BCUT2D eigenvalue weighted by Gasteiger charge is -2.19. The molecule has 0 saturated heterocycles. The maximum absolute atomic E-state index is 6.02. The number of halogens is 1. The smallest absolute Gasteiger partial charge is 0.0975 e. The van der Waals surface area contributed by atoms with Gasteiger partial charge in [-0.2, -0.15) is 0 Å². The topological polar surface area (TPSA) is 24.9 Å². The number of hydrogen-bond donors (Lipinski definition) is 1. The second-order valence-electron chi connectivity index (χ2n) is 6.03. The second-order valence-corrected chi connectivity index (χ2v) is 7.63. The number of thiazole rings is 1. The summed E-state index contributed by atoms with van der Waals surface area (Å²) < 4.78 is 0. The Morgan fingerprint density at radius 3 is 2.70 bits per heavy atom. The zero-order valence-electron chi connectivity index (χ0n) is 12.5. The van der Waals surface area contributed by atoms with Crippen molar-refractivity contribution in [3.63, 3.8) is 0 Å². The van der Waals surface area contributed by atoms with Crippen molar-refractivity contribution in [1.29, 1.82) is 0 Å². The van der Waals surface area contributed by atoms with Crippen molar-refractivity contribution in [2.24, 2.45) is 0 Å². The zero-order chi connectivity index (χ0) is 14.8. The quantitative estimate of drug-likeness (QED) is 0.894. The lowest BCUT2D eigenvalue weighted by Crippen LogP contribution is -2.34. The number of aromatic nitrogens is 1. The maximum atomic E-state index is 6.02. The Balaban J connectivity index is 2.07. The predicted molar refractivity (Wildman–Crippen MR) is 87.7 cm³/mol. The molecule has 0 amide bonds. The molecule has 0 radical (unpaired) electrons. The number of hydrogen-bond acceptors (Lipinski definition) is 3. The van der Waals surface area contributed by atoms with Gasteiger partial charge in [-0.25, -0.2) is 4.98 Å². The van der Waals surface area contributed by atoms with Crippen LogP contribution in [0.5, 0.6) is 0 Å². The molecule has 0 aliphatic carbocycles. The van der Waals surface area contributed by atoms with E-state index in [1.54, 1.807) is 11.3 Å². The molecule has 108 valence electrons. The molecule has 0 bridgehead atoms. The third-order valence-corrected chi connectivity index (χ3v) is 4.35. The van der Waals surface area contributed by atoms with Gasteiger partial charge >= 0.3 is 0 Å². The van der Waals surface area contributed by atoms with Crippen LogP contribution in [0.1, 0.15) is 41.9 Å². The highest BCUT2D eigenvalue weighted by atomic mass is 35.5. The molecule has 1 aromatic carbocycles. The summed E-state index contributed by atoms with van der Waals surface area (Å²) in [5.41, 5.74) is 2.47. The van der Waals surface area contributed by atoms with E-state index >= 15 is 0 Å². The van der Waals surface area contributed by atoms with Gasteiger partial charge in [-0.1, -0.05) is 23.7 Å². The first-order chi connectivity index (χ1) is 9.33. The van der Waals surface area contributed by atoms with Crippen molar-refractivity contribution in [2.45, 2.75) is 46.2 Å². The van der Waals surface area contributed by atoms with E-state index < -0.39 is 0 Å². The molecule has 0 atom stereocenters. The first kappa shape index (κ1) is 15.5. The average Bonchev–Trinajstić information content (AvgIpc) is 2.66. The number of benzene rings is 1. The Bertz CT molecular complexity index is 584. The molecule has 2 aromatic rings. The summed E-state index contributed by atoms with van der Waals surface area (Å²) in [4.78, 5) is 5.99. The van der Waals surface area contributed by atoms with Gasteiger partial charge in [-0.05, 0) is 45.4 Å². The number of nitrogens with one attached hydrogen (secondary N) is 1. The second kappa shape index (κ2) is 6.25. The first-order valence-corrected chi connectivity index (χ1v) is 7.97. The summed E-state index contributed by atoms with van der Waals surface area (Å²) in [6.07, 6.45) is 0.849. The molecule has 0 fully saturated rings. The van der Waals surface area contributed by atoms with Crippen LogP contribution in [0.25, 0.3) is 0 Å². The SMILES string of the molecule is Cc1nc(Cc2cccc(Cl)c2)sc1CNC(C)(C)C. The van der Waals surface area contributed by atoms with Crippen LogP contribution in [0, 0.1) is 6.92 Å². The van der Waals surface area contributed by atoms with E-state index in [0.29, 0.717) is 0 Å². The molecule has 1 aromatic heterocycles. The maximum Gasteiger partial charge on any atom is 0.0975 e. The molecular formula is C16H21ClN2S. The molecule has 2 rings (SSSR count). The molecule has 4 heteroatoms. The lowest BCUT2D eigenvalue weighted by molar-refractivity contribution is 0.425. The Morgan fingerprint density at radius 1 is 1.30 bits per heavy atom. The van der Waals surface area contributed by atoms with Gasteiger partial charge in [0, 0.05) is 28.4 Å². The molecule has 20 heavy (non-hydrogen) atoms. The van der Waals surface area contributed by atoms with Gasteiger partial charge < -0.3 is 5.32 Å². The lowest BCUT2D eigenvalue weighted by atomic mass is 10.1. The molecule has 1 heterocycles. The summed E-state index contributed by atoms with van der Waals surface area (Å²) in [6.45, 7) is 9.49. The third kappa shape index (κ3) is 4.58. The molecule has 0 aliphatic heterocycles. The molecule has 0 saturated carbocycles. The molecule has 1 N–H and O–H groups in total. The molecule has 0 unspecified atom stereocenters. The van der Waals surface area contributed by atoms with Gasteiger partial charge in [0.15, 0.2) is 0 Å². The Kier molecular flexibility index (Phi) is 4.84. The summed E-state index contributed by atoms with van der Waals surface area (Å²) in [5, 5.41) is 5.45. The highest BCUT2D eigenvalue weighted by molar-refractivity contribution is 7.11. The zero-order valence-corrected chi connectivity index (χ0v) is 14.0. The average molecular weight is 309 g/mol. The summed E-state index contributed by atoms with van der Waals surface area (Å²) in [7, 11) is 0. The van der Waals surface area contributed by atoms with Gasteiger partial charge in [-0.15, -0.1) is 11.3 Å². The van der Waals surface area contributed by atoms with Crippen LogP contribution in [0.3, 0.4) is 0 Å². The summed E-state index contributed by atoms with van der Waals surface area (Å²) >= 11 is 7.80. The highest BCUT2D eigenvalue weighted by Gasteiger charge is 2.13. The van der Waals surface area contributed by atoms with Crippen LogP contribution < -0.4 is 5.32 Å². The van der Waals surface area contributed by atoms with Crippen LogP contribution in [0.15, 0.2) is 24.3 Å². The molecule has 0 spiro atoms. The minimum absolute atomic E-state index is 0.129. The summed E-state index contributed by atoms with van der Waals surface area (Å²) in [5.74, 6) is 0. The number of aryl methyl sites for hydroxylation is 1. The van der Waals surface area contributed by atoms with Crippen LogP contribution in [0.4, 0.5) is 0 Å². The molecule has 2 nitrogen and oxygen atoms in total. The molecule has 0 aliphatic rings. The monoisotopic (exact) mass is 308 g/mol. The van der Waals surface area contributed by atoms with Crippen LogP contribution in [0.2, 0.25) is 5.02 Å². The van der Waals surface area contributed by atoms with E-state index in [-0.39, 0.29) is 5.54 Å². The Hall–Kier alpha value is -0.900. The van der Waals surface area contributed by atoms with Gasteiger partial charge in [-0.3, -0.25) is 0 Å². The van der Waals surface area contributed by atoms with E-state index in [4.69, 9.17) is 11.6 Å². The van der Waals surface area contributed by atoms with Crippen molar-refractivity contribution in [3.8, 4) is 0 Å². The van der Waals surface area contributed by atoms with Crippen LogP contribution >= 0.6 is 22.9 Å². The van der Waals surface area contributed by atoms with Gasteiger partial charge in [0.1, 0.15) is 0 Å². The Morgan fingerprint density at radius 2 is 2.05 bits per heavy atom. The highest BCUT2D eigenvalue weighted by Crippen LogP contribution is 2.22. The Labute approximate surface area is 130 Å². The standard InChI is InChI=1S/C16H21ClN2S/c1-11-14(10-18-16(2,3)4)20-15(19-11)9-12-6-5-7-13(17)8-12/h5-8,18H,9-10H2,1-4H3. The fourth-order valence-electron chi connectivity index (χ4n) is 1.89. The normalized spacial score (nSPS) is 11.8. The van der Waals surface area contributed by atoms with Gasteiger partial charge in [0.2, 0.25) is 0 Å². The van der Waals surface area contributed by atoms with Crippen molar-refractivity contribution < 1.29 is 0 Å². The van der Waals surface area contributed by atoms with Crippen molar-refractivity contribution >= 4 is 22.9 Å². The van der Waals surface area contributed by atoms with E-state index in [0.717, 1.165) is 28.7 Å². The van der Waals surface area contributed by atoms with E-state index in [9.17, 15) is 0 Å². The van der Waals surface area contributed by atoms with Crippen LogP contribution in [-0.4, -0.2) is 10.5 Å². The van der Waals surface area contributed by atoms with E-state index in [1.165, 1.54) is 10.4 Å². The summed E-state index contributed by atoms with van der Waals surface area (Å²) in [6, 6.07) is 7.98. The van der Waals surface area contributed by atoms with Crippen molar-refractivity contribution in [3.05, 3.63) is 50.4 Å². The number of rotatable bonds is 4.